The summed E-state index contributed by atoms with van der Waals surface area (Å²) in [5.41, 5.74) is 2.70. The van der Waals surface area contributed by atoms with Crippen LogP contribution >= 0.6 is 11.6 Å². The van der Waals surface area contributed by atoms with E-state index in [-0.39, 0.29) is 40.6 Å². The number of halogens is 1. The molecule has 0 saturated heterocycles. The highest BCUT2D eigenvalue weighted by molar-refractivity contribution is 6.33. The van der Waals surface area contributed by atoms with Crippen LogP contribution in [-0.4, -0.2) is 29.2 Å². The van der Waals surface area contributed by atoms with Crippen LogP contribution in [-0.2, 0) is 16.0 Å². The van der Waals surface area contributed by atoms with E-state index in [0.29, 0.717) is 5.69 Å². The molecule has 0 aromatic heterocycles. The molecular weight excluding hydrogens is 406 g/mol. The minimum atomic E-state index is -0.804. The van der Waals surface area contributed by atoms with E-state index in [4.69, 9.17) is 11.6 Å². The van der Waals surface area contributed by atoms with Gasteiger partial charge in [-0.2, -0.15) is 0 Å². The number of benzene rings is 3. The molecule has 0 atom stereocenters. The summed E-state index contributed by atoms with van der Waals surface area (Å²) < 4.78 is 4.66. The second-order valence-electron chi connectivity index (χ2n) is 6.57. The number of phenols is 2. The summed E-state index contributed by atoms with van der Waals surface area (Å²) in [6, 6.07) is 18.2. The first kappa shape index (κ1) is 21.2. The largest absolute Gasteiger partial charge is 0.507 e. The Balaban J connectivity index is 1.70. The summed E-state index contributed by atoms with van der Waals surface area (Å²) in [7, 11) is 1.16. The minimum Gasteiger partial charge on any atom is -0.507 e. The lowest BCUT2D eigenvalue weighted by molar-refractivity contribution is -0.116. The maximum absolute atomic E-state index is 12.4. The smallest absolute Gasteiger partial charge is 0.341 e. The zero-order valence-electron chi connectivity index (χ0n) is 16.2. The van der Waals surface area contributed by atoms with E-state index < -0.39 is 11.7 Å². The molecule has 154 valence electrons. The summed E-state index contributed by atoms with van der Waals surface area (Å²) >= 11 is 6.09. The molecule has 30 heavy (non-hydrogen) atoms. The summed E-state index contributed by atoms with van der Waals surface area (Å²) in [6.07, 6.45) is 0.00615. The Morgan fingerprint density at radius 1 is 0.967 bits per heavy atom. The van der Waals surface area contributed by atoms with Crippen molar-refractivity contribution in [2.45, 2.75) is 12.8 Å². The number of hydrogen-bond donors (Lipinski definition) is 3. The van der Waals surface area contributed by atoms with Crippen molar-refractivity contribution in [3.05, 3.63) is 76.8 Å². The van der Waals surface area contributed by atoms with Gasteiger partial charge < -0.3 is 20.3 Å². The standard InChI is InChI=1S/C23H20ClNO5/c1-30-23(29)21-17(22(24)19(27)13-18(21)26)11-12-20(28)25-16-9-7-15(8-10-16)14-5-3-2-4-6-14/h2-10,13,26-27H,11-12H2,1H3,(H,25,28). The second-order valence-corrected chi connectivity index (χ2v) is 6.94. The van der Waals surface area contributed by atoms with Gasteiger partial charge in [-0.05, 0) is 35.2 Å². The molecule has 0 spiro atoms. The number of anilines is 1. The first-order valence-electron chi connectivity index (χ1n) is 9.17. The second kappa shape index (κ2) is 9.33. The quantitative estimate of drug-likeness (QED) is 0.494. The third kappa shape index (κ3) is 4.72. The van der Waals surface area contributed by atoms with Crippen LogP contribution in [0.2, 0.25) is 5.02 Å². The molecule has 3 rings (SSSR count). The van der Waals surface area contributed by atoms with Gasteiger partial charge in [0.1, 0.15) is 17.1 Å². The van der Waals surface area contributed by atoms with E-state index >= 15 is 0 Å². The highest BCUT2D eigenvalue weighted by Crippen LogP contribution is 2.37. The van der Waals surface area contributed by atoms with Crippen molar-refractivity contribution in [2.75, 3.05) is 12.4 Å². The Bertz CT molecular complexity index is 1070. The van der Waals surface area contributed by atoms with Crippen LogP contribution in [0.15, 0.2) is 60.7 Å². The van der Waals surface area contributed by atoms with Crippen molar-refractivity contribution >= 4 is 29.2 Å². The zero-order chi connectivity index (χ0) is 21.7. The van der Waals surface area contributed by atoms with E-state index in [1.54, 1.807) is 12.1 Å². The Morgan fingerprint density at radius 3 is 2.23 bits per heavy atom. The number of methoxy groups -OCH3 is 1. The van der Waals surface area contributed by atoms with Crippen LogP contribution in [0.3, 0.4) is 0 Å². The average molecular weight is 426 g/mol. The molecule has 0 radical (unpaired) electrons. The Hall–Kier alpha value is -3.51. The van der Waals surface area contributed by atoms with E-state index in [0.717, 1.165) is 24.3 Å². The maximum Gasteiger partial charge on any atom is 0.341 e. The zero-order valence-corrected chi connectivity index (χ0v) is 16.9. The fourth-order valence-corrected chi connectivity index (χ4v) is 3.33. The highest BCUT2D eigenvalue weighted by Gasteiger charge is 2.23. The van der Waals surface area contributed by atoms with Crippen molar-refractivity contribution < 1.29 is 24.5 Å². The lowest BCUT2D eigenvalue weighted by Crippen LogP contribution is -2.14. The Labute approximate surface area is 178 Å². The van der Waals surface area contributed by atoms with Crippen molar-refractivity contribution in [1.29, 1.82) is 0 Å². The average Bonchev–Trinajstić information content (AvgIpc) is 2.75. The minimum absolute atomic E-state index is 0.0208. The molecule has 0 bridgehead atoms. The van der Waals surface area contributed by atoms with Gasteiger partial charge in [-0.1, -0.05) is 54.1 Å². The van der Waals surface area contributed by atoms with Gasteiger partial charge in [0.15, 0.2) is 0 Å². The molecule has 7 heteroatoms. The van der Waals surface area contributed by atoms with Crippen LogP contribution in [0.25, 0.3) is 11.1 Å². The normalized spacial score (nSPS) is 10.5. The van der Waals surface area contributed by atoms with Gasteiger partial charge in [0.2, 0.25) is 5.91 Å². The fourth-order valence-electron chi connectivity index (χ4n) is 3.09. The first-order valence-corrected chi connectivity index (χ1v) is 9.55. The predicted octanol–water partition coefficient (Wildman–Crippen LogP) is 4.78. The van der Waals surface area contributed by atoms with Gasteiger partial charge in [0, 0.05) is 18.2 Å². The molecule has 6 nitrogen and oxygen atoms in total. The molecule has 3 aromatic rings. The molecule has 3 N–H and O–H groups in total. The van der Waals surface area contributed by atoms with Crippen molar-refractivity contribution in [2.24, 2.45) is 0 Å². The molecule has 1 amide bonds. The van der Waals surface area contributed by atoms with Crippen molar-refractivity contribution in [3.8, 4) is 22.6 Å². The molecule has 0 aliphatic carbocycles. The van der Waals surface area contributed by atoms with E-state index in [1.807, 2.05) is 42.5 Å². The number of ether oxygens (including phenoxy) is 1. The molecule has 0 unspecified atom stereocenters. The number of amides is 1. The van der Waals surface area contributed by atoms with Crippen LogP contribution in [0.4, 0.5) is 5.69 Å². The lowest BCUT2D eigenvalue weighted by Gasteiger charge is -2.13. The Kier molecular flexibility index (Phi) is 6.59. The van der Waals surface area contributed by atoms with Gasteiger partial charge >= 0.3 is 5.97 Å². The van der Waals surface area contributed by atoms with E-state index in [2.05, 4.69) is 10.1 Å². The predicted molar refractivity (Wildman–Crippen MR) is 115 cm³/mol. The molecule has 0 saturated carbocycles. The summed E-state index contributed by atoms with van der Waals surface area (Å²) in [5.74, 6) is -1.96. The van der Waals surface area contributed by atoms with Gasteiger partial charge in [-0.15, -0.1) is 0 Å². The van der Waals surface area contributed by atoms with Gasteiger partial charge in [-0.25, -0.2) is 4.79 Å². The number of carbonyl (C=O) groups excluding carboxylic acids is 2. The van der Waals surface area contributed by atoms with Gasteiger partial charge in [0.25, 0.3) is 0 Å². The van der Waals surface area contributed by atoms with Crippen LogP contribution in [0.1, 0.15) is 22.3 Å². The van der Waals surface area contributed by atoms with Gasteiger partial charge in [-0.3, -0.25) is 4.79 Å². The number of rotatable bonds is 6. The molecule has 0 aliphatic heterocycles. The summed E-state index contributed by atoms with van der Waals surface area (Å²) in [5, 5.41) is 22.5. The number of esters is 1. The topological polar surface area (TPSA) is 95.9 Å². The molecule has 3 aromatic carbocycles. The number of nitrogens with one attached hydrogen (secondary N) is 1. The van der Waals surface area contributed by atoms with Crippen LogP contribution < -0.4 is 5.32 Å². The van der Waals surface area contributed by atoms with Gasteiger partial charge in [0.05, 0.1) is 12.1 Å². The number of carbonyl (C=O) groups is 2. The van der Waals surface area contributed by atoms with Crippen LogP contribution in [0.5, 0.6) is 11.5 Å². The van der Waals surface area contributed by atoms with Crippen LogP contribution in [0, 0.1) is 0 Å². The monoisotopic (exact) mass is 425 g/mol. The SMILES string of the molecule is COC(=O)c1c(O)cc(O)c(Cl)c1CCC(=O)Nc1ccc(-c2ccccc2)cc1. The first-order chi connectivity index (χ1) is 14.4. The number of phenolic OH excluding ortho intramolecular Hbond substituents is 2. The number of hydrogen-bond acceptors (Lipinski definition) is 5. The maximum atomic E-state index is 12.4. The highest BCUT2D eigenvalue weighted by atomic mass is 35.5. The van der Waals surface area contributed by atoms with Crippen molar-refractivity contribution in [3.63, 3.8) is 0 Å². The molecule has 0 fully saturated rings. The lowest BCUT2D eigenvalue weighted by atomic mass is 10.0. The number of aromatic hydroxyl groups is 2. The van der Waals surface area contributed by atoms with E-state index in [1.165, 1.54) is 0 Å². The molecule has 0 aliphatic rings. The summed E-state index contributed by atoms with van der Waals surface area (Å²) in [6.45, 7) is 0. The third-order valence-electron chi connectivity index (χ3n) is 4.59. The molecular formula is C23H20ClNO5. The summed E-state index contributed by atoms with van der Waals surface area (Å²) in [4.78, 5) is 24.4. The van der Waals surface area contributed by atoms with Crippen molar-refractivity contribution in [1.82, 2.24) is 0 Å². The fraction of sp³-hybridized carbons (Fsp3) is 0.130. The molecule has 0 heterocycles. The Morgan fingerprint density at radius 2 is 1.60 bits per heavy atom. The third-order valence-corrected chi connectivity index (χ3v) is 5.01. The van der Waals surface area contributed by atoms with E-state index in [9.17, 15) is 19.8 Å².